The molecule has 0 radical (unpaired) electrons. The standard InChI is InChI=1S/C13H14F2N4O/c1-2-17-5-8-3-10(14)12(11(15)4-8)19-7-9(6-18-19)13(16)20/h3-4,6-7,17H,2,5H2,1H3,(H2,16,20). The molecule has 0 atom stereocenters. The van der Waals surface area contributed by atoms with Gasteiger partial charge < -0.3 is 11.1 Å². The molecule has 106 valence electrons. The van der Waals surface area contributed by atoms with Crippen molar-refractivity contribution in [2.75, 3.05) is 6.54 Å². The number of hydrogen-bond acceptors (Lipinski definition) is 3. The normalized spacial score (nSPS) is 10.8. The minimum absolute atomic E-state index is 0.0838. The first-order valence-corrected chi connectivity index (χ1v) is 6.06. The maximum Gasteiger partial charge on any atom is 0.251 e. The molecule has 0 aliphatic rings. The van der Waals surface area contributed by atoms with Gasteiger partial charge in [-0.05, 0) is 24.2 Å². The third-order valence-corrected chi connectivity index (χ3v) is 2.75. The van der Waals surface area contributed by atoms with E-state index < -0.39 is 17.5 Å². The van der Waals surface area contributed by atoms with Crippen LogP contribution in [-0.2, 0) is 6.54 Å². The van der Waals surface area contributed by atoms with Crippen LogP contribution in [0.25, 0.3) is 5.69 Å². The zero-order valence-corrected chi connectivity index (χ0v) is 10.9. The van der Waals surface area contributed by atoms with E-state index in [0.717, 1.165) is 10.9 Å². The van der Waals surface area contributed by atoms with Gasteiger partial charge >= 0.3 is 0 Å². The molecule has 1 heterocycles. The Bertz CT molecular complexity index is 616. The summed E-state index contributed by atoms with van der Waals surface area (Å²) in [5, 5.41) is 6.72. The number of amides is 1. The lowest BCUT2D eigenvalue weighted by Gasteiger charge is -2.08. The van der Waals surface area contributed by atoms with Gasteiger partial charge in [-0.2, -0.15) is 5.10 Å². The number of halogens is 2. The van der Waals surface area contributed by atoms with Gasteiger partial charge in [0.25, 0.3) is 5.91 Å². The number of hydrogen-bond donors (Lipinski definition) is 2. The predicted molar refractivity (Wildman–Crippen MR) is 69.4 cm³/mol. The Hall–Kier alpha value is -2.28. The first kappa shape index (κ1) is 14.1. The number of nitrogens with two attached hydrogens (primary N) is 1. The largest absolute Gasteiger partial charge is 0.366 e. The number of nitrogens with one attached hydrogen (secondary N) is 1. The number of carbonyl (C=O) groups excluding carboxylic acids is 1. The molecule has 5 nitrogen and oxygen atoms in total. The Morgan fingerprint density at radius 1 is 1.40 bits per heavy atom. The van der Waals surface area contributed by atoms with Crippen LogP contribution in [-0.4, -0.2) is 22.2 Å². The monoisotopic (exact) mass is 280 g/mol. The van der Waals surface area contributed by atoms with Crippen molar-refractivity contribution in [1.29, 1.82) is 0 Å². The fraction of sp³-hybridized carbons (Fsp3) is 0.231. The predicted octanol–water partition coefficient (Wildman–Crippen LogP) is 1.36. The Kier molecular flexibility index (Phi) is 4.09. The van der Waals surface area contributed by atoms with E-state index in [2.05, 4.69) is 10.4 Å². The van der Waals surface area contributed by atoms with Crippen LogP contribution in [0.1, 0.15) is 22.8 Å². The second-order valence-corrected chi connectivity index (χ2v) is 4.23. The van der Waals surface area contributed by atoms with Gasteiger partial charge in [-0.15, -0.1) is 0 Å². The van der Waals surface area contributed by atoms with Crippen LogP contribution in [0.5, 0.6) is 0 Å². The summed E-state index contributed by atoms with van der Waals surface area (Å²) in [6.45, 7) is 2.97. The number of aromatic nitrogens is 2. The molecule has 1 amide bonds. The summed E-state index contributed by atoms with van der Waals surface area (Å²) >= 11 is 0. The van der Waals surface area contributed by atoms with E-state index in [1.807, 2.05) is 6.92 Å². The van der Waals surface area contributed by atoms with Gasteiger partial charge in [0.2, 0.25) is 0 Å². The van der Waals surface area contributed by atoms with Crippen LogP contribution in [0.3, 0.4) is 0 Å². The number of benzene rings is 1. The minimum atomic E-state index is -0.753. The summed E-state index contributed by atoms with van der Waals surface area (Å²) < 4.78 is 28.9. The smallest absolute Gasteiger partial charge is 0.251 e. The molecule has 1 aromatic carbocycles. The van der Waals surface area contributed by atoms with Crippen LogP contribution in [0.2, 0.25) is 0 Å². The maximum absolute atomic E-state index is 14.0. The molecule has 0 saturated heterocycles. The highest BCUT2D eigenvalue weighted by Crippen LogP contribution is 2.19. The van der Waals surface area contributed by atoms with Crippen molar-refractivity contribution in [3.05, 3.63) is 47.3 Å². The summed E-state index contributed by atoms with van der Waals surface area (Å²) in [5.41, 5.74) is 5.31. The summed E-state index contributed by atoms with van der Waals surface area (Å²) in [6, 6.07) is 2.46. The molecule has 0 fully saturated rings. The lowest BCUT2D eigenvalue weighted by molar-refractivity contribution is 0.100. The quantitative estimate of drug-likeness (QED) is 0.868. The van der Waals surface area contributed by atoms with Gasteiger partial charge in [0.1, 0.15) is 5.69 Å². The topological polar surface area (TPSA) is 72.9 Å². The van der Waals surface area contributed by atoms with Gasteiger partial charge in [-0.25, -0.2) is 13.5 Å². The molecule has 20 heavy (non-hydrogen) atoms. The Morgan fingerprint density at radius 2 is 2.05 bits per heavy atom. The second-order valence-electron chi connectivity index (χ2n) is 4.23. The summed E-state index contributed by atoms with van der Waals surface area (Å²) in [4.78, 5) is 11.0. The molecular weight excluding hydrogens is 266 g/mol. The van der Waals surface area contributed by atoms with Crippen molar-refractivity contribution in [1.82, 2.24) is 15.1 Å². The van der Waals surface area contributed by atoms with E-state index >= 15 is 0 Å². The highest BCUT2D eigenvalue weighted by molar-refractivity contribution is 5.92. The number of nitrogens with zero attached hydrogens (tertiary/aromatic N) is 2. The molecule has 0 unspecified atom stereocenters. The van der Waals surface area contributed by atoms with Crippen molar-refractivity contribution in [2.24, 2.45) is 5.73 Å². The highest BCUT2D eigenvalue weighted by Gasteiger charge is 2.15. The maximum atomic E-state index is 14.0. The van der Waals surface area contributed by atoms with E-state index in [-0.39, 0.29) is 11.3 Å². The van der Waals surface area contributed by atoms with E-state index in [4.69, 9.17) is 5.73 Å². The van der Waals surface area contributed by atoms with Gasteiger partial charge in [-0.1, -0.05) is 6.92 Å². The second kappa shape index (κ2) is 5.79. The number of primary amides is 1. The summed E-state index contributed by atoms with van der Waals surface area (Å²) in [6.07, 6.45) is 2.35. The Balaban J connectivity index is 2.38. The van der Waals surface area contributed by atoms with Crippen LogP contribution in [0.4, 0.5) is 8.78 Å². The van der Waals surface area contributed by atoms with E-state index in [1.165, 1.54) is 18.3 Å². The molecule has 2 aromatic rings. The van der Waals surface area contributed by atoms with Crippen molar-refractivity contribution in [3.63, 3.8) is 0 Å². The third-order valence-electron chi connectivity index (χ3n) is 2.75. The average molecular weight is 280 g/mol. The zero-order chi connectivity index (χ0) is 14.7. The highest BCUT2D eigenvalue weighted by atomic mass is 19.1. The number of rotatable bonds is 5. The van der Waals surface area contributed by atoms with Crippen LogP contribution in [0, 0.1) is 11.6 Å². The SMILES string of the molecule is CCNCc1cc(F)c(-n2cc(C(N)=O)cn2)c(F)c1. The van der Waals surface area contributed by atoms with E-state index in [9.17, 15) is 13.6 Å². The molecular formula is C13H14F2N4O. The first-order valence-electron chi connectivity index (χ1n) is 6.06. The van der Waals surface area contributed by atoms with Crippen LogP contribution >= 0.6 is 0 Å². The summed E-state index contributed by atoms with van der Waals surface area (Å²) in [7, 11) is 0. The molecule has 0 aliphatic carbocycles. The molecule has 0 saturated carbocycles. The van der Waals surface area contributed by atoms with Crippen LogP contribution < -0.4 is 11.1 Å². The van der Waals surface area contributed by atoms with Crippen molar-refractivity contribution < 1.29 is 13.6 Å². The molecule has 3 N–H and O–H groups in total. The minimum Gasteiger partial charge on any atom is -0.366 e. The lowest BCUT2D eigenvalue weighted by atomic mass is 10.2. The molecule has 2 rings (SSSR count). The fourth-order valence-electron chi connectivity index (χ4n) is 1.78. The molecule has 0 bridgehead atoms. The third kappa shape index (κ3) is 2.83. The molecule has 0 aliphatic heterocycles. The van der Waals surface area contributed by atoms with Gasteiger partial charge in [0.05, 0.1) is 11.8 Å². The number of carbonyl (C=O) groups is 1. The van der Waals surface area contributed by atoms with Gasteiger partial charge in [-0.3, -0.25) is 4.79 Å². The zero-order valence-electron chi connectivity index (χ0n) is 10.9. The first-order chi connectivity index (χ1) is 9.52. The Labute approximate surface area is 114 Å². The Morgan fingerprint density at radius 3 is 2.55 bits per heavy atom. The van der Waals surface area contributed by atoms with Crippen molar-refractivity contribution >= 4 is 5.91 Å². The van der Waals surface area contributed by atoms with Gasteiger partial charge in [0.15, 0.2) is 11.6 Å². The molecule has 1 aromatic heterocycles. The van der Waals surface area contributed by atoms with E-state index in [1.54, 1.807) is 0 Å². The molecule has 0 spiro atoms. The van der Waals surface area contributed by atoms with Crippen molar-refractivity contribution in [3.8, 4) is 5.69 Å². The van der Waals surface area contributed by atoms with Gasteiger partial charge in [0, 0.05) is 12.7 Å². The van der Waals surface area contributed by atoms with E-state index in [0.29, 0.717) is 18.7 Å². The molecule has 7 heteroatoms. The fourth-order valence-corrected chi connectivity index (χ4v) is 1.78. The van der Waals surface area contributed by atoms with Crippen molar-refractivity contribution in [2.45, 2.75) is 13.5 Å². The average Bonchev–Trinajstić information content (AvgIpc) is 2.85. The van der Waals surface area contributed by atoms with Crippen LogP contribution in [0.15, 0.2) is 24.5 Å². The lowest BCUT2D eigenvalue weighted by Crippen LogP contribution is -2.13. The summed E-state index contributed by atoms with van der Waals surface area (Å²) in [5.74, 6) is -2.21.